The number of hydrogen-bond acceptors (Lipinski definition) is 5. The second kappa shape index (κ2) is 7.47. The Kier molecular flexibility index (Phi) is 4.72. The number of aromatic nitrogens is 4. The van der Waals surface area contributed by atoms with Crippen molar-refractivity contribution >= 4 is 33.9 Å². The molecule has 1 fully saturated rings. The Morgan fingerprint density at radius 3 is 2.65 bits per heavy atom. The van der Waals surface area contributed by atoms with Crippen LogP contribution in [0.3, 0.4) is 0 Å². The molecule has 0 aliphatic heterocycles. The van der Waals surface area contributed by atoms with Gasteiger partial charge in [-0.15, -0.1) is 11.6 Å². The molecule has 3 heterocycles. The summed E-state index contributed by atoms with van der Waals surface area (Å²) in [4.78, 5) is 9.67. The molecule has 4 aromatic rings. The molecule has 34 heavy (non-hydrogen) atoms. The Bertz CT molecular complexity index is 1490. The number of aliphatic hydroxyl groups is 1. The summed E-state index contributed by atoms with van der Waals surface area (Å²) in [6, 6.07) is 12.3. The maximum Gasteiger partial charge on any atom is 0.165 e. The molecule has 7 heteroatoms. The van der Waals surface area contributed by atoms with Crippen LogP contribution < -0.4 is 5.73 Å². The predicted molar refractivity (Wildman–Crippen MR) is 136 cm³/mol. The van der Waals surface area contributed by atoms with Crippen LogP contribution >= 0.6 is 11.6 Å². The molecule has 3 N–H and O–H groups in total. The van der Waals surface area contributed by atoms with Crippen LogP contribution in [-0.4, -0.2) is 35.7 Å². The molecule has 172 valence electrons. The van der Waals surface area contributed by atoms with Crippen LogP contribution in [0.1, 0.15) is 43.0 Å². The first-order valence-electron chi connectivity index (χ1n) is 11.5. The van der Waals surface area contributed by atoms with Gasteiger partial charge in [0.15, 0.2) is 11.3 Å². The standard InChI is InChI=1S/C27H26ClN5O/c1-16-10-23-30-13-19-12-22(18-4-3-5-21(28)11-18)24(31-25(19)33(23)32-16)17-6-8-20(9-7-17)27(29)14-26(2,34)15-27/h3-4,6-13,21,34H,5,14-15,29H2,1-2H3/t21?,26-,27-. The van der Waals surface area contributed by atoms with E-state index in [9.17, 15) is 5.11 Å². The average molecular weight is 472 g/mol. The van der Waals surface area contributed by atoms with E-state index in [4.69, 9.17) is 22.3 Å². The first-order chi connectivity index (χ1) is 16.2. The van der Waals surface area contributed by atoms with Gasteiger partial charge in [-0.1, -0.05) is 42.5 Å². The fraction of sp³-hybridized carbons (Fsp3) is 0.296. The van der Waals surface area contributed by atoms with Crippen LogP contribution in [0, 0.1) is 6.92 Å². The summed E-state index contributed by atoms with van der Waals surface area (Å²) in [6.07, 6.45) is 10.1. The Balaban J connectivity index is 1.52. The molecule has 0 bridgehead atoms. The van der Waals surface area contributed by atoms with Crippen LogP contribution in [0.5, 0.6) is 0 Å². The first kappa shape index (κ1) is 21.5. The van der Waals surface area contributed by atoms with E-state index in [0.29, 0.717) is 12.8 Å². The van der Waals surface area contributed by atoms with E-state index in [1.165, 1.54) is 0 Å². The molecule has 2 aliphatic carbocycles. The van der Waals surface area contributed by atoms with Crippen molar-refractivity contribution in [1.82, 2.24) is 19.6 Å². The number of pyridine rings is 1. The highest BCUT2D eigenvalue weighted by atomic mass is 35.5. The van der Waals surface area contributed by atoms with Crippen molar-refractivity contribution in [2.45, 2.75) is 49.6 Å². The lowest BCUT2D eigenvalue weighted by molar-refractivity contribution is -0.0738. The molecular formula is C27H26ClN5O. The summed E-state index contributed by atoms with van der Waals surface area (Å²) in [6.45, 7) is 3.78. The Labute approximate surface area is 202 Å². The number of benzene rings is 1. The number of fused-ring (bicyclic) bond motifs is 3. The number of rotatable bonds is 3. The van der Waals surface area contributed by atoms with Crippen LogP contribution in [0.25, 0.3) is 33.5 Å². The minimum Gasteiger partial charge on any atom is -0.390 e. The molecule has 0 radical (unpaired) electrons. The van der Waals surface area contributed by atoms with Gasteiger partial charge < -0.3 is 10.8 Å². The molecule has 3 aromatic heterocycles. The van der Waals surface area contributed by atoms with Crippen molar-refractivity contribution in [2.75, 3.05) is 0 Å². The van der Waals surface area contributed by atoms with E-state index in [-0.39, 0.29) is 5.38 Å². The monoisotopic (exact) mass is 471 g/mol. The summed E-state index contributed by atoms with van der Waals surface area (Å²) in [5, 5.41) is 15.7. The van der Waals surface area contributed by atoms with E-state index in [1.807, 2.05) is 26.1 Å². The normalized spacial score (nSPS) is 26.6. The van der Waals surface area contributed by atoms with E-state index in [1.54, 1.807) is 4.52 Å². The molecule has 0 amide bonds. The Morgan fingerprint density at radius 2 is 1.94 bits per heavy atom. The Hall–Kier alpha value is -3.06. The maximum atomic E-state index is 10.2. The van der Waals surface area contributed by atoms with E-state index in [2.05, 4.69) is 58.6 Å². The van der Waals surface area contributed by atoms with Crippen LogP contribution in [-0.2, 0) is 5.54 Å². The maximum absolute atomic E-state index is 10.2. The first-order valence-corrected chi connectivity index (χ1v) is 12.0. The van der Waals surface area contributed by atoms with Crippen molar-refractivity contribution in [3.05, 3.63) is 77.6 Å². The van der Waals surface area contributed by atoms with Gasteiger partial charge >= 0.3 is 0 Å². The highest BCUT2D eigenvalue weighted by Gasteiger charge is 2.49. The Morgan fingerprint density at radius 1 is 1.18 bits per heavy atom. The third-order valence-electron chi connectivity index (χ3n) is 6.84. The average Bonchev–Trinajstić information content (AvgIpc) is 3.18. The zero-order valence-corrected chi connectivity index (χ0v) is 19.9. The molecule has 6 nitrogen and oxygen atoms in total. The van der Waals surface area contributed by atoms with Gasteiger partial charge in [0.2, 0.25) is 0 Å². The quantitative estimate of drug-likeness (QED) is 0.415. The van der Waals surface area contributed by atoms with Crippen molar-refractivity contribution < 1.29 is 5.11 Å². The van der Waals surface area contributed by atoms with Gasteiger partial charge in [-0.2, -0.15) is 9.61 Å². The fourth-order valence-corrected chi connectivity index (χ4v) is 5.63. The summed E-state index contributed by atoms with van der Waals surface area (Å²) >= 11 is 6.47. The van der Waals surface area contributed by atoms with Gasteiger partial charge in [0, 0.05) is 34.3 Å². The smallest absolute Gasteiger partial charge is 0.165 e. The predicted octanol–water partition coefficient (Wildman–Crippen LogP) is 4.90. The number of halogens is 1. The van der Waals surface area contributed by atoms with Crippen LogP contribution in [0.15, 0.2) is 60.8 Å². The SMILES string of the molecule is Cc1cc2ncc3cc(C4=CC(Cl)CC=C4)c(-c4ccc([C@]5(N)C[C@](C)(O)C5)cc4)nc3n2n1. The van der Waals surface area contributed by atoms with Gasteiger partial charge in [-0.05, 0) is 50.3 Å². The summed E-state index contributed by atoms with van der Waals surface area (Å²) in [7, 11) is 0. The summed E-state index contributed by atoms with van der Waals surface area (Å²) in [5.74, 6) is 0. The summed E-state index contributed by atoms with van der Waals surface area (Å²) < 4.78 is 1.80. The van der Waals surface area contributed by atoms with Gasteiger partial charge in [-0.3, -0.25) is 0 Å². The molecular weight excluding hydrogens is 446 g/mol. The van der Waals surface area contributed by atoms with Crippen molar-refractivity contribution in [3.63, 3.8) is 0 Å². The number of alkyl halides is 1. The minimum absolute atomic E-state index is 0.0520. The van der Waals surface area contributed by atoms with Crippen molar-refractivity contribution in [2.24, 2.45) is 5.73 Å². The molecule has 0 spiro atoms. The third kappa shape index (κ3) is 3.54. The lowest BCUT2D eigenvalue weighted by atomic mass is 9.63. The minimum atomic E-state index is -0.695. The number of hydrogen-bond donors (Lipinski definition) is 2. The van der Waals surface area contributed by atoms with Crippen LogP contribution in [0.4, 0.5) is 0 Å². The van der Waals surface area contributed by atoms with Crippen LogP contribution in [0.2, 0.25) is 0 Å². The largest absolute Gasteiger partial charge is 0.390 e. The van der Waals surface area contributed by atoms with Gasteiger partial charge in [-0.25, -0.2) is 9.97 Å². The number of allylic oxidation sites excluding steroid dienone is 4. The second-order valence-corrected chi connectivity index (χ2v) is 10.5. The van der Waals surface area contributed by atoms with Gasteiger partial charge in [0.05, 0.1) is 22.4 Å². The lowest BCUT2D eigenvalue weighted by Gasteiger charge is -2.49. The highest BCUT2D eigenvalue weighted by Crippen LogP contribution is 2.46. The topological polar surface area (TPSA) is 89.3 Å². The van der Waals surface area contributed by atoms with E-state index >= 15 is 0 Å². The lowest BCUT2D eigenvalue weighted by Crippen LogP contribution is -2.58. The number of nitrogens with two attached hydrogens (primary N) is 1. The van der Waals surface area contributed by atoms with Crippen molar-refractivity contribution in [3.8, 4) is 11.3 Å². The van der Waals surface area contributed by atoms with Crippen molar-refractivity contribution in [1.29, 1.82) is 0 Å². The van der Waals surface area contributed by atoms with Gasteiger partial charge in [0.25, 0.3) is 0 Å². The zero-order valence-electron chi connectivity index (χ0n) is 19.2. The molecule has 0 saturated heterocycles. The zero-order chi connectivity index (χ0) is 23.7. The van der Waals surface area contributed by atoms with E-state index < -0.39 is 11.1 Å². The van der Waals surface area contributed by atoms with Gasteiger partial charge in [0.1, 0.15) is 0 Å². The number of aryl methyl sites for hydroxylation is 1. The molecule has 1 aromatic carbocycles. The third-order valence-corrected chi connectivity index (χ3v) is 7.14. The molecule has 2 aliphatic rings. The molecule has 1 atom stereocenters. The second-order valence-electron chi connectivity index (χ2n) is 9.97. The number of nitrogens with zero attached hydrogens (tertiary/aromatic N) is 4. The molecule has 6 rings (SSSR count). The van der Waals surface area contributed by atoms with E-state index in [0.717, 1.165) is 56.8 Å². The highest BCUT2D eigenvalue weighted by molar-refractivity contribution is 6.22. The molecule has 1 unspecified atom stereocenters. The fourth-order valence-electron chi connectivity index (χ4n) is 5.39. The summed E-state index contributed by atoms with van der Waals surface area (Å²) in [5.41, 5.74) is 12.7. The molecule has 1 saturated carbocycles.